The van der Waals surface area contributed by atoms with Crippen LogP contribution in [-0.4, -0.2) is 39.3 Å². The Labute approximate surface area is 182 Å². The molecule has 7 nitrogen and oxygen atoms in total. The van der Waals surface area contributed by atoms with Gasteiger partial charge in [-0.15, -0.1) is 5.10 Å². The van der Waals surface area contributed by atoms with Gasteiger partial charge in [-0.25, -0.2) is 9.37 Å². The number of rotatable bonds is 7. The predicted molar refractivity (Wildman–Crippen MR) is 119 cm³/mol. The van der Waals surface area contributed by atoms with Gasteiger partial charge < -0.3 is 10.2 Å². The second-order valence-corrected chi connectivity index (χ2v) is 7.86. The van der Waals surface area contributed by atoms with Crippen LogP contribution in [0.1, 0.15) is 24.2 Å². The van der Waals surface area contributed by atoms with Gasteiger partial charge in [0.25, 0.3) is 0 Å². The summed E-state index contributed by atoms with van der Waals surface area (Å²) in [5.41, 5.74) is 2.35. The fourth-order valence-electron chi connectivity index (χ4n) is 3.12. The largest absolute Gasteiger partial charge is 0.325 e. The van der Waals surface area contributed by atoms with Gasteiger partial charge in [-0.1, -0.05) is 30.0 Å². The number of carbonyl (C=O) groups is 2. The molecule has 0 spiro atoms. The van der Waals surface area contributed by atoms with Crippen LogP contribution in [0.25, 0.3) is 12.2 Å². The highest BCUT2D eigenvalue weighted by molar-refractivity contribution is 7.99. The summed E-state index contributed by atoms with van der Waals surface area (Å²) in [7, 11) is 0. The summed E-state index contributed by atoms with van der Waals surface area (Å²) in [6.45, 7) is 0.735. The van der Waals surface area contributed by atoms with Crippen LogP contribution >= 0.6 is 11.8 Å². The number of hydrogen-bond acceptors (Lipinski definition) is 5. The molecule has 2 aromatic carbocycles. The van der Waals surface area contributed by atoms with E-state index in [-0.39, 0.29) is 23.4 Å². The van der Waals surface area contributed by atoms with Crippen molar-refractivity contribution in [3.63, 3.8) is 0 Å². The number of halogens is 1. The summed E-state index contributed by atoms with van der Waals surface area (Å²) >= 11 is 1.21. The zero-order valence-corrected chi connectivity index (χ0v) is 17.4. The number of aromatic nitrogens is 3. The monoisotopic (exact) mass is 437 g/mol. The first-order valence-corrected chi connectivity index (χ1v) is 10.7. The fraction of sp³-hybridized carbons (Fsp3) is 0.182. The number of carbonyl (C=O) groups excluding carboxylic acids is 2. The van der Waals surface area contributed by atoms with Crippen molar-refractivity contribution in [1.29, 1.82) is 0 Å². The van der Waals surface area contributed by atoms with Gasteiger partial charge in [0, 0.05) is 24.3 Å². The third-order valence-electron chi connectivity index (χ3n) is 4.65. The first kappa shape index (κ1) is 20.8. The summed E-state index contributed by atoms with van der Waals surface area (Å²) in [4.78, 5) is 30.1. The van der Waals surface area contributed by atoms with E-state index in [1.807, 2.05) is 12.1 Å². The van der Waals surface area contributed by atoms with Gasteiger partial charge >= 0.3 is 0 Å². The molecular weight excluding hydrogens is 417 g/mol. The maximum absolute atomic E-state index is 12.9. The number of thioether (sulfide) groups is 1. The normalized spacial score (nSPS) is 13.8. The van der Waals surface area contributed by atoms with Gasteiger partial charge in [-0.05, 0) is 54.5 Å². The molecule has 0 aliphatic carbocycles. The minimum absolute atomic E-state index is 0.131. The third-order valence-corrected chi connectivity index (χ3v) is 5.50. The van der Waals surface area contributed by atoms with Crippen LogP contribution in [0.15, 0.2) is 53.7 Å². The van der Waals surface area contributed by atoms with E-state index in [0.717, 1.165) is 24.2 Å². The summed E-state index contributed by atoms with van der Waals surface area (Å²) in [5, 5.41) is 10.2. The lowest BCUT2D eigenvalue weighted by atomic mass is 10.2. The van der Waals surface area contributed by atoms with Crippen LogP contribution < -0.4 is 10.2 Å². The molecule has 1 saturated heterocycles. The Morgan fingerprint density at radius 3 is 2.65 bits per heavy atom. The van der Waals surface area contributed by atoms with Crippen LogP contribution in [0.2, 0.25) is 0 Å². The van der Waals surface area contributed by atoms with Crippen LogP contribution in [0.4, 0.5) is 15.8 Å². The number of aromatic amines is 1. The van der Waals surface area contributed by atoms with Gasteiger partial charge in [-0.3, -0.25) is 14.7 Å². The molecule has 0 radical (unpaired) electrons. The first-order chi connectivity index (χ1) is 15.1. The zero-order valence-electron chi connectivity index (χ0n) is 16.5. The molecule has 3 aromatic rings. The molecule has 9 heteroatoms. The maximum Gasteiger partial charge on any atom is 0.234 e. The number of benzene rings is 2. The second-order valence-electron chi connectivity index (χ2n) is 6.92. The smallest absolute Gasteiger partial charge is 0.234 e. The van der Waals surface area contributed by atoms with Crippen molar-refractivity contribution < 1.29 is 14.0 Å². The van der Waals surface area contributed by atoms with Crippen molar-refractivity contribution in [1.82, 2.24) is 15.2 Å². The zero-order chi connectivity index (χ0) is 21.6. The molecule has 1 aliphatic rings. The molecule has 31 heavy (non-hydrogen) atoms. The summed E-state index contributed by atoms with van der Waals surface area (Å²) in [6.07, 6.45) is 4.98. The Hall–Kier alpha value is -3.46. The standard InChI is InChI=1S/C22H20FN5O2S/c23-16-6-3-15(4-7-16)5-12-19-25-22(27-26-19)31-14-20(29)24-17-8-10-18(11-9-17)28-13-1-2-21(28)30/h3-12H,1-2,13-14H2,(H,24,29)(H,25,26,27)/b12-5+. The molecule has 0 atom stereocenters. The number of amides is 2. The highest BCUT2D eigenvalue weighted by atomic mass is 32.2. The molecule has 0 saturated carbocycles. The molecule has 158 valence electrons. The topological polar surface area (TPSA) is 91.0 Å². The highest BCUT2D eigenvalue weighted by Gasteiger charge is 2.21. The SMILES string of the molecule is O=C(CSc1n[nH]c(/C=C/c2ccc(F)cc2)n1)Nc1ccc(N2CCCC2=O)cc1. The Kier molecular flexibility index (Phi) is 6.42. The van der Waals surface area contributed by atoms with E-state index >= 15 is 0 Å². The second kappa shape index (κ2) is 9.57. The fourth-order valence-corrected chi connectivity index (χ4v) is 3.72. The van der Waals surface area contributed by atoms with Gasteiger partial charge in [0.2, 0.25) is 17.0 Å². The summed E-state index contributed by atoms with van der Waals surface area (Å²) in [6, 6.07) is 13.3. The Morgan fingerprint density at radius 2 is 1.94 bits per heavy atom. The number of nitrogens with zero attached hydrogens (tertiary/aromatic N) is 3. The van der Waals surface area contributed by atoms with E-state index in [1.165, 1.54) is 23.9 Å². The maximum atomic E-state index is 12.9. The minimum Gasteiger partial charge on any atom is -0.325 e. The number of hydrogen-bond donors (Lipinski definition) is 2. The average molecular weight is 438 g/mol. The van der Waals surface area contributed by atoms with E-state index in [4.69, 9.17) is 0 Å². The molecule has 1 aliphatic heterocycles. The average Bonchev–Trinajstić information content (AvgIpc) is 3.41. The Bertz CT molecular complexity index is 1100. The van der Waals surface area contributed by atoms with E-state index in [1.54, 1.807) is 41.3 Å². The summed E-state index contributed by atoms with van der Waals surface area (Å²) < 4.78 is 12.9. The molecule has 2 amide bonds. The number of anilines is 2. The van der Waals surface area contributed by atoms with Crippen molar-refractivity contribution in [3.8, 4) is 0 Å². The van der Waals surface area contributed by atoms with E-state index in [9.17, 15) is 14.0 Å². The third kappa shape index (κ3) is 5.58. The lowest BCUT2D eigenvalue weighted by Gasteiger charge is -2.16. The number of H-pyrrole nitrogens is 1. The number of nitrogens with one attached hydrogen (secondary N) is 2. The van der Waals surface area contributed by atoms with E-state index in [2.05, 4.69) is 20.5 Å². The molecule has 0 bridgehead atoms. The van der Waals surface area contributed by atoms with Gasteiger partial charge in [-0.2, -0.15) is 0 Å². The van der Waals surface area contributed by atoms with Crippen molar-refractivity contribution in [2.75, 3.05) is 22.5 Å². The molecule has 2 heterocycles. The van der Waals surface area contributed by atoms with Crippen LogP contribution in [0.5, 0.6) is 0 Å². The first-order valence-electron chi connectivity index (χ1n) is 9.76. The van der Waals surface area contributed by atoms with E-state index < -0.39 is 0 Å². The van der Waals surface area contributed by atoms with Crippen molar-refractivity contribution in [3.05, 3.63) is 65.7 Å². The highest BCUT2D eigenvalue weighted by Crippen LogP contribution is 2.23. The quantitative estimate of drug-likeness (QED) is 0.546. The molecular formula is C22H20FN5O2S. The van der Waals surface area contributed by atoms with Crippen molar-refractivity contribution >= 4 is 47.1 Å². The molecule has 1 fully saturated rings. The lowest BCUT2D eigenvalue weighted by molar-refractivity contribution is -0.117. The van der Waals surface area contributed by atoms with Gasteiger partial charge in [0.1, 0.15) is 11.6 Å². The van der Waals surface area contributed by atoms with Gasteiger partial charge in [0.15, 0.2) is 0 Å². The molecule has 0 unspecified atom stereocenters. The Morgan fingerprint density at radius 1 is 1.16 bits per heavy atom. The lowest BCUT2D eigenvalue weighted by Crippen LogP contribution is -2.23. The predicted octanol–water partition coefficient (Wildman–Crippen LogP) is 3.97. The van der Waals surface area contributed by atoms with E-state index in [0.29, 0.717) is 23.1 Å². The van der Waals surface area contributed by atoms with Crippen LogP contribution in [0, 0.1) is 5.82 Å². The Balaban J connectivity index is 1.26. The van der Waals surface area contributed by atoms with Gasteiger partial charge in [0.05, 0.1) is 5.75 Å². The van der Waals surface area contributed by atoms with Crippen molar-refractivity contribution in [2.24, 2.45) is 0 Å². The molecule has 1 aromatic heterocycles. The van der Waals surface area contributed by atoms with Crippen LogP contribution in [-0.2, 0) is 9.59 Å². The van der Waals surface area contributed by atoms with Crippen molar-refractivity contribution in [2.45, 2.75) is 18.0 Å². The molecule has 2 N–H and O–H groups in total. The summed E-state index contributed by atoms with van der Waals surface area (Å²) in [5.74, 6) is 0.367. The molecule has 4 rings (SSSR count). The minimum atomic E-state index is -0.286. The van der Waals surface area contributed by atoms with Crippen LogP contribution in [0.3, 0.4) is 0 Å².